The van der Waals surface area contributed by atoms with Gasteiger partial charge in [0.15, 0.2) is 0 Å². The molecule has 0 saturated heterocycles. The molecule has 1 aromatic heterocycles. The lowest BCUT2D eigenvalue weighted by Gasteiger charge is -2.14. The van der Waals surface area contributed by atoms with Gasteiger partial charge in [-0.2, -0.15) is 0 Å². The normalized spacial score (nSPS) is 10.6. The maximum atomic E-state index is 5.62. The number of nitrogens with one attached hydrogen (secondary N) is 1. The number of aromatic nitrogens is 1. The van der Waals surface area contributed by atoms with Crippen molar-refractivity contribution in [2.45, 2.75) is 13.8 Å². The summed E-state index contributed by atoms with van der Waals surface area (Å²) in [5.41, 5.74) is 7.40. The van der Waals surface area contributed by atoms with Crippen molar-refractivity contribution in [1.29, 1.82) is 0 Å². The van der Waals surface area contributed by atoms with Gasteiger partial charge in [0.05, 0.1) is 0 Å². The molecule has 0 fully saturated rings. The zero-order chi connectivity index (χ0) is 12.8. The second kappa shape index (κ2) is 6.51. The average molecular weight is 252 g/mol. The van der Waals surface area contributed by atoms with Crippen molar-refractivity contribution in [3.05, 3.63) is 23.4 Å². The van der Waals surface area contributed by atoms with Crippen LogP contribution in [0.1, 0.15) is 18.2 Å². The van der Waals surface area contributed by atoms with E-state index in [4.69, 9.17) is 18.0 Å². The lowest BCUT2D eigenvalue weighted by Crippen LogP contribution is -2.25. The van der Waals surface area contributed by atoms with E-state index in [1.807, 2.05) is 19.1 Å². The Balaban J connectivity index is 2.62. The van der Waals surface area contributed by atoms with E-state index in [9.17, 15) is 0 Å². The van der Waals surface area contributed by atoms with Crippen LogP contribution in [0.15, 0.2) is 12.1 Å². The number of aryl methyl sites for hydroxylation is 1. The third-order valence-corrected chi connectivity index (χ3v) is 2.81. The van der Waals surface area contributed by atoms with Crippen LogP contribution < -0.4 is 11.1 Å². The van der Waals surface area contributed by atoms with Crippen LogP contribution in [0, 0.1) is 6.92 Å². The lowest BCUT2D eigenvalue weighted by molar-refractivity contribution is 0.367. The van der Waals surface area contributed by atoms with Gasteiger partial charge >= 0.3 is 0 Å². The van der Waals surface area contributed by atoms with Crippen LogP contribution in [-0.4, -0.2) is 41.6 Å². The number of hydrogen-bond donors (Lipinski definition) is 2. The van der Waals surface area contributed by atoms with Gasteiger partial charge in [-0.15, -0.1) is 0 Å². The molecule has 1 aromatic rings. The monoisotopic (exact) mass is 252 g/mol. The molecule has 0 aliphatic carbocycles. The fourth-order valence-electron chi connectivity index (χ4n) is 1.43. The second-order valence-electron chi connectivity index (χ2n) is 4.07. The Bertz CT molecular complexity index is 392. The van der Waals surface area contributed by atoms with E-state index in [0.717, 1.165) is 36.7 Å². The number of nitrogens with two attached hydrogens (primary N) is 1. The highest BCUT2D eigenvalue weighted by molar-refractivity contribution is 7.80. The van der Waals surface area contributed by atoms with Gasteiger partial charge in [-0.3, -0.25) is 0 Å². The molecule has 3 N–H and O–H groups in total. The molecular formula is C12H20N4S. The Labute approximate surface area is 108 Å². The van der Waals surface area contributed by atoms with Gasteiger partial charge < -0.3 is 16.0 Å². The van der Waals surface area contributed by atoms with Crippen molar-refractivity contribution < 1.29 is 0 Å². The van der Waals surface area contributed by atoms with Gasteiger partial charge in [0.2, 0.25) is 0 Å². The maximum Gasteiger partial charge on any atom is 0.126 e. The largest absolute Gasteiger partial charge is 0.389 e. The molecule has 5 heteroatoms. The summed E-state index contributed by atoms with van der Waals surface area (Å²) in [7, 11) is 2.09. The maximum absolute atomic E-state index is 5.62. The highest BCUT2D eigenvalue weighted by Gasteiger charge is 2.02. The van der Waals surface area contributed by atoms with Crippen molar-refractivity contribution >= 4 is 23.0 Å². The molecule has 0 bridgehead atoms. The summed E-state index contributed by atoms with van der Waals surface area (Å²) in [6.45, 7) is 6.95. The minimum atomic E-state index is 0.407. The minimum absolute atomic E-state index is 0.407. The van der Waals surface area contributed by atoms with Crippen molar-refractivity contribution in [2.75, 3.05) is 32.0 Å². The predicted octanol–water partition coefficient (Wildman–Crippen LogP) is 1.39. The Morgan fingerprint density at radius 2 is 2.24 bits per heavy atom. The summed E-state index contributed by atoms with van der Waals surface area (Å²) in [5, 5.41) is 3.28. The Morgan fingerprint density at radius 3 is 2.82 bits per heavy atom. The first-order valence-corrected chi connectivity index (χ1v) is 6.14. The molecule has 0 saturated carbocycles. The molecule has 0 aromatic carbocycles. The van der Waals surface area contributed by atoms with Crippen molar-refractivity contribution in [2.24, 2.45) is 5.73 Å². The first kappa shape index (κ1) is 13.9. The molecule has 0 spiro atoms. The minimum Gasteiger partial charge on any atom is -0.389 e. The molecule has 0 atom stereocenters. The third-order valence-electron chi connectivity index (χ3n) is 2.58. The van der Waals surface area contributed by atoms with E-state index in [2.05, 4.69) is 29.2 Å². The molecule has 17 heavy (non-hydrogen) atoms. The Morgan fingerprint density at radius 1 is 1.53 bits per heavy atom. The summed E-state index contributed by atoms with van der Waals surface area (Å²) < 4.78 is 0. The quantitative estimate of drug-likeness (QED) is 0.749. The van der Waals surface area contributed by atoms with Crippen LogP contribution in [0.25, 0.3) is 0 Å². The van der Waals surface area contributed by atoms with E-state index in [0.29, 0.717) is 4.99 Å². The number of likely N-dealkylation sites (N-methyl/N-ethyl adjacent to an activating group) is 1. The van der Waals surface area contributed by atoms with Crippen molar-refractivity contribution in [1.82, 2.24) is 9.88 Å². The summed E-state index contributed by atoms with van der Waals surface area (Å²) in [4.78, 5) is 7.03. The van der Waals surface area contributed by atoms with Crippen molar-refractivity contribution in [3.63, 3.8) is 0 Å². The van der Waals surface area contributed by atoms with Crippen LogP contribution in [-0.2, 0) is 0 Å². The molecule has 94 valence electrons. The molecule has 1 heterocycles. The molecule has 0 radical (unpaired) electrons. The lowest BCUT2D eigenvalue weighted by atomic mass is 10.2. The van der Waals surface area contributed by atoms with Gasteiger partial charge in [-0.25, -0.2) is 4.98 Å². The van der Waals surface area contributed by atoms with E-state index in [1.165, 1.54) is 0 Å². The summed E-state index contributed by atoms with van der Waals surface area (Å²) in [6.07, 6.45) is 0. The van der Waals surface area contributed by atoms with Crippen molar-refractivity contribution in [3.8, 4) is 0 Å². The number of rotatable bonds is 6. The Hall–Kier alpha value is -1.20. The molecule has 4 nitrogen and oxygen atoms in total. The SMILES string of the molecule is CCN(C)CCNc1cc(C(N)=S)cc(C)n1. The standard InChI is InChI=1S/C12H20N4S/c1-4-16(3)6-5-14-11-8-10(12(13)17)7-9(2)15-11/h7-8H,4-6H2,1-3H3,(H2,13,17)(H,14,15). The molecule has 0 aliphatic heterocycles. The number of nitrogens with zero attached hydrogens (tertiary/aromatic N) is 2. The van der Waals surface area contributed by atoms with E-state index >= 15 is 0 Å². The van der Waals surface area contributed by atoms with E-state index in [1.54, 1.807) is 0 Å². The zero-order valence-electron chi connectivity index (χ0n) is 10.7. The second-order valence-corrected chi connectivity index (χ2v) is 4.51. The van der Waals surface area contributed by atoms with E-state index < -0.39 is 0 Å². The molecule has 0 aliphatic rings. The third kappa shape index (κ3) is 4.66. The summed E-state index contributed by atoms with van der Waals surface area (Å²) in [5.74, 6) is 0.831. The number of pyridine rings is 1. The fourth-order valence-corrected chi connectivity index (χ4v) is 1.55. The van der Waals surface area contributed by atoms with Gasteiger partial charge in [0.1, 0.15) is 10.8 Å². The van der Waals surface area contributed by atoms with Gasteiger partial charge in [-0.05, 0) is 32.6 Å². The first-order valence-electron chi connectivity index (χ1n) is 5.74. The predicted molar refractivity (Wildman–Crippen MR) is 76.5 cm³/mol. The highest BCUT2D eigenvalue weighted by Crippen LogP contribution is 2.09. The fraction of sp³-hybridized carbons (Fsp3) is 0.500. The number of anilines is 1. The number of hydrogen-bond acceptors (Lipinski definition) is 4. The molecule has 0 amide bonds. The van der Waals surface area contributed by atoms with Crippen LogP contribution in [0.5, 0.6) is 0 Å². The van der Waals surface area contributed by atoms with Crippen LogP contribution in [0.3, 0.4) is 0 Å². The summed E-state index contributed by atoms with van der Waals surface area (Å²) >= 11 is 4.97. The first-order chi connectivity index (χ1) is 8.02. The number of thiocarbonyl (C=S) groups is 1. The average Bonchev–Trinajstić information content (AvgIpc) is 2.28. The van der Waals surface area contributed by atoms with Crippen LogP contribution >= 0.6 is 12.2 Å². The van der Waals surface area contributed by atoms with Gasteiger partial charge in [-0.1, -0.05) is 19.1 Å². The summed E-state index contributed by atoms with van der Waals surface area (Å²) in [6, 6.07) is 3.78. The van der Waals surface area contributed by atoms with Gasteiger partial charge in [0, 0.05) is 24.3 Å². The molecule has 1 rings (SSSR count). The van der Waals surface area contributed by atoms with Crippen LogP contribution in [0.4, 0.5) is 5.82 Å². The highest BCUT2D eigenvalue weighted by atomic mass is 32.1. The topological polar surface area (TPSA) is 54.2 Å². The molecule has 0 unspecified atom stereocenters. The van der Waals surface area contributed by atoms with E-state index in [-0.39, 0.29) is 0 Å². The zero-order valence-corrected chi connectivity index (χ0v) is 11.5. The Kier molecular flexibility index (Phi) is 5.31. The van der Waals surface area contributed by atoms with Gasteiger partial charge in [0.25, 0.3) is 0 Å². The smallest absolute Gasteiger partial charge is 0.126 e. The van der Waals surface area contributed by atoms with Crippen LogP contribution in [0.2, 0.25) is 0 Å². The molecular weight excluding hydrogens is 232 g/mol.